The monoisotopic (exact) mass is 289 g/mol. The molecule has 0 amide bonds. The predicted octanol–water partition coefficient (Wildman–Crippen LogP) is 3.49. The van der Waals surface area contributed by atoms with Gasteiger partial charge < -0.3 is 4.74 Å². The van der Waals surface area contributed by atoms with Gasteiger partial charge in [-0.3, -0.25) is 9.69 Å². The Balaban J connectivity index is 1.63. The molecule has 1 atom stereocenters. The van der Waals surface area contributed by atoms with Crippen LogP contribution in [0.2, 0.25) is 0 Å². The minimum Gasteiger partial charge on any atom is -0.466 e. The van der Waals surface area contributed by atoms with Crippen LogP contribution in [0.3, 0.4) is 0 Å². The summed E-state index contributed by atoms with van der Waals surface area (Å²) in [5, 5.41) is 0. The molecule has 2 rings (SSSR count). The molecular weight excluding hydrogens is 262 g/mol. The van der Waals surface area contributed by atoms with Gasteiger partial charge in [0.05, 0.1) is 6.61 Å². The molecule has 0 aliphatic carbocycles. The van der Waals surface area contributed by atoms with E-state index in [9.17, 15) is 4.79 Å². The Hall–Kier alpha value is -1.35. The summed E-state index contributed by atoms with van der Waals surface area (Å²) in [6.07, 6.45) is 2.74. The molecule has 3 nitrogen and oxygen atoms in total. The maximum absolute atomic E-state index is 11.5. The van der Waals surface area contributed by atoms with Crippen LogP contribution in [0, 0.1) is 11.8 Å². The lowest BCUT2D eigenvalue weighted by Crippen LogP contribution is -2.20. The number of hydrogen-bond donors (Lipinski definition) is 0. The van der Waals surface area contributed by atoms with Crippen molar-refractivity contribution in [3.63, 3.8) is 0 Å². The third kappa shape index (κ3) is 5.88. The van der Waals surface area contributed by atoms with Crippen LogP contribution < -0.4 is 0 Å². The van der Waals surface area contributed by atoms with Crippen molar-refractivity contribution in [2.75, 3.05) is 19.7 Å². The molecule has 0 N–H and O–H groups in total. The van der Waals surface area contributed by atoms with Gasteiger partial charge in [0.2, 0.25) is 0 Å². The fraction of sp³-hybridized carbons (Fsp3) is 0.611. The van der Waals surface area contributed by atoms with E-state index < -0.39 is 0 Å². The van der Waals surface area contributed by atoms with Crippen molar-refractivity contribution in [2.24, 2.45) is 11.8 Å². The van der Waals surface area contributed by atoms with E-state index in [1.807, 2.05) is 13.8 Å². The number of hydrogen-bond acceptors (Lipinski definition) is 3. The second-order valence-electron chi connectivity index (χ2n) is 6.48. The van der Waals surface area contributed by atoms with E-state index in [1.165, 1.54) is 12.0 Å². The number of carbonyl (C=O) groups is 1. The fourth-order valence-electron chi connectivity index (χ4n) is 2.87. The number of carbonyl (C=O) groups excluding carboxylic acids is 1. The minimum atomic E-state index is -0.0517. The van der Waals surface area contributed by atoms with Crippen molar-refractivity contribution in [2.45, 2.75) is 39.7 Å². The van der Waals surface area contributed by atoms with Gasteiger partial charge in [-0.25, -0.2) is 0 Å². The van der Waals surface area contributed by atoms with E-state index in [2.05, 4.69) is 35.2 Å². The number of nitrogens with zero attached hydrogens (tertiary/aromatic N) is 1. The van der Waals surface area contributed by atoms with Gasteiger partial charge in [0.15, 0.2) is 0 Å². The van der Waals surface area contributed by atoms with E-state index in [0.717, 1.165) is 26.1 Å². The molecule has 0 radical (unpaired) electrons. The molecule has 3 heteroatoms. The van der Waals surface area contributed by atoms with E-state index in [0.29, 0.717) is 24.9 Å². The Labute approximate surface area is 128 Å². The summed E-state index contributed by atoms with van der Waals surface area (Å²) < 4.78 is 5.31. The van der Waals surface area contributed by atoms with Crippen molar-refractivity contribution < 1.29 is 9.53 Å². The smallest absolute Gasteiger partial charge is 0.306 e. The third-order valence-corrected chi connectivity index (χ3v) is 3.98. The topological polar surface area (TPSA) is 29.5 Å². The van der Waals surface area contributed by atoms with Crippen LogP contribution in [0.1, 0.15) is 38.7 Å². The van der Waals surface area contributed by atoms with Gasteiger partial charge in [-0.15, -0.1) is 0 Å². The number of rotatable bonds is 7. The standard InChI is InChI=1S/C18H27NO2/c1-15(2)12-18(20)21-11-9-17-8-10-19(14-17)13-16-6-4-3-5-7-16/h3-7,15,17H,8-14H2,1-2H3. The summed E-state index contributed by atoms with van der Waals surface area (Å²) in [7, 11) is 0. The van der Waals surface area contributed by atoms with Crippen LogP contribution in [0.15, 0.2) is 30.3 Å². The summed E-state index contributed by atoms with van der Waals surface area (Å²) in [4.78, 5) is 14.0. The first-order valence-corrected chi connectivity index (χ1v) is 8.05. The summed E-state index contributed by atoms with van der Waals surface area (Å²) in [5.41, 5.74) is 1.38. The molecule has 1 fully saturated rings. The molecule has 1 unspecified atom stereocenters. The van der Waals surface area contributed by atoms with Crippen LogP contribution >= 0.6 is 0 Å². The zero-order valence-corrected chi connectivity index (χ0v) is 13.3. The highest BCUT2D eigenvalue weighted by Gasteiger charge is 2.22. The first kappa shape index (κ1) is 16.0. The molecule has 1 aliphatic rings. The van der Waals surface area contributed by atoms with Crippen LogP contribution in [0.25, 0.3) is 0 Å². The summed E-state index contributed by atoms with van der Waals surface area (Å²) in [6.45, 7) is 7.97. The Bertz CT molecular complexity index is 430. The summed E-state index contributed by atoms with van der Waals surface area (Å²) in [6, 6.07) is 10.6. The SMILES string of the molecule is CC(C)CC(=O)OCCC1CCN(Cc2ccccc2)C1. The lowest BCUT2D eigenvalue weighted by atomic mass is 10.1. The van der Waals surface area contributed by atoms with E-state index >= 15 is 0 Å². The summed E-state index contributed by atoms with van der Waals surface area (Å²) >= 11 is 0. The molecule has 1 saturated heterocycles. The number of benzene rings is 1. The fourth-order valence-corrected chi connectivity index (χ4v) is 2.87. The van der Waals surface area contributed by atoms with Crippen LogP contribution in [-0.2, 0) is 16.1 Å². The second-order valence-corrected chi connectivity index (χ2v) is 6.48. The Morgan fingerprint density at radius 1 is 1.33 bits per heavy atom. The molecule has 0 bridgehead atoms. The lowest BCUT2D eigenvalue weighted by Gasteiger charge is -2.16. The summed E-state index contributed by atoms with van der Waals surface area (Å²) in [5.74, 6) is 0.995. The van der Waals surface area contributed by atoms with E-state index in [1.54, 1.807) is 0 Å². The van der Waals surface area contributed by atoms with Crippen LogP contribution in [0.4, 0.5) is 0 Å². The maximum atomic E-state index is 11.5. The largest absolute Gasteiger partial charge is 0.466 e. The molecular formula is C18H27NO2. The van der Waals surface area contributed by atoms with Crippen molar-refractivity contribution in [1.29, 1.82) is 0 Å². The molecule has 0 spiro atoms. The quantitative estimate of drug-likeness (QED) is 0.720. The van der Waals surface area contributed by atoms with Crippen molar-refractivity contribution >= 4 is 5.97 Å². The maximum Gasteiger partial charge on any atom is 0.306 e. The molecule has 1 aliphatic heterocycles. The average molecular weight is 289 g/mol. The molecule has 0 saturated carbocycles. The molecule has 1 heterocycles. The van der Waals surface area contributed by atoms with Crippen molar-refractivity contribution in [3.8, 4) is 0 Å². The Kier molecular flexibility index (Phi) is 6.24. The highest BCUT2D eigenvalue weighted by Crippen LogP contribution is 2.21. The van der Waals surface area contributed by atoms with Gasteiger partial charge in [0.1, 0.15) is 0 Å². The highest BCUT2D eigenvalue weighted by molar-refractivity contribution is 5.69. The third-order valence-electron chi connectivity index (χ3n) is 3.98. The van der Waals surface area contributed by atoms with Crippen molar-refractivity contribution in [1.82, 2.24) is 4.90 Å². The Morgan fingerprint density at radius 3 is 2.81 bits per heavy atom. The highest BCUT2D eigenvalue weighted by atomic mass is 16.5. The number of ether oxygens (including phenoxy) is 1. The molecule has 116 valence electrons. The number of likely N-dealkylation sites (tertiary alicyclic amines) is 1. The molecule has 1 aromatic rings. The minimum absolute atomic E-state index is 0.0517. The van der Waals surface area contributed by atoms with E-state index in [4.69, 9.17) is 4.74 Å². The zero-order valence-electron chi connectivity index (χ0n) is 13.3. The Morgan fingerprint density at radius 2 is 2.10 bits per heavy atom. The first-order chi connectivity index (χ1) is 10.1. The number of esters is 1. The molecule has 1 aromatic carbocycles. The second kappa shape index (κ2) is 8.18. The van der Waals surface area contributed by atoms with Gasteiger partial charge in [0, 0.05) is 19.5 Å². The van der Waals surface area contributed by atoms with Gasteiger partial charge in [-0.2, -0.15) is 0 Å². The normalized spacial score (nSPS) is 19.1. The molecule has 21 heavy (non-hydrogen) atoms. The van der Waals surface area contributed by atoms with Gasteiger partial charge in [-0.1, -0.05) is 44.2 Å². The van der Waals surface area contributed by atoms with Crippen LogP contribution in [-0.4, -0.2) is 30.6 Å². The predicted molar refractivity (Wildman–Crippen MR) is 84.9 cm³/mol. The van der Waals surface area contributed by atoms with Crippen molar-refractivity contribution in [3.05, 3.63) is 35.9 Å². The van der Waals surface area contributed by atoms with Gasteiger partial charge in [-0.05, 0) is 36.8 Å². The first-order valence-electron chi connectivity index (χ1n) is 8.05. The average Bonchev–Trinajstić information content (AvgIpc) is 2.86. The molecule has 0 aromatic heterocycles. The zero-order chi connectivity index (χ0) is 15.1. The lowest BCUT2D eigenvalue weighted by molar-refractivity contribution is -0.144. The van der Waals surface area contributed by atoms with E-state index in [-0.39, 0.29) is 5.97 Å². The van der Waals surface area contributed by atoms with Gasteiger partial charge >= 0.3 is 5.97 Å². The van der Waals surface area contributed by atoms with Gasteiger partial charge in [0.25, 0.3) is 0 Å². The van der Waals surface area contributed by atoms with Crippen LogP contribution in [0.5, 0.6) is 0 Å².